The van der Waals surface area contributed by atoms with Crippen molar-refractivity contribution in [3.05, 3.63) is 70.0 Å². The minimum absolute atomic E-state index is 0.0686. The Morgan fingerprint density at radius 2 is 1.66 bits per heavy atom. The van der Waals surface area contributed by atoms with Crippen LogP contribution in [0.25, 0.3) is 11.0 Å². The highest BCUT2D eigenvalue weighted by atomic mass is 16.2. The van der Waals surface area contributed by atoms with Gasteiger partial charge in [-0.1, -0.05) is 50.2 Å². The van der Waals surface area contributed by atoms with Crippen molar-refractivity contribution in [3.63, 3.8) is 0 Å². The van der Waals surface area contributed by atoms with E-state index in [4.69, 9.17) is 0 Å². The fourth-order valence-electron chi connectivity index (χ4n) is 4.32. The van der Waals surface area contributed by atoms with Gasteiger partial charge in [0.2, 0.25) is 5.91 Å². The van der Waals surface area contributed by atoms with E-state index in [1.54, 1.807) is 4.57 Å². The van der Waals surface area contributed by atoms with Crippen LogP contribution in [0.4, 0.5) is 5.82 Å². The standard InChI is InChI=1S/C26H32N4O2/c1-18(2)20-10-12-21(13-11-20)19(3)27-24(31)14-17-30-23-9-5-4-8-22(23)28-25(26(30)32)29-15-6-7-16-29/h4-5,8-13,18-19H,6-7,14-17H2,1-3H3,(H,27,31). The zero-order valence-electron chi connectivity index (χ0n) is 19.2. The Bertz CT molecular complexity index is 1140. The first kappa shape index (κ1) is 22.1. The molecule has 1 amide bonds. The molecular weight excluding hydrogens is 400 g/mol. The van der Waals surface area contributed by atoms with Crippen molar-refractivity contribution in [1.29, 1.82) is 0 Å². The lowest BCUT2D eigenvalue weighted by Crippen LogP contribution is -2.33. The number of fused-ring (bicyclic) bond motifs is 1. The van der Waals surface area contributed by atoms with Crippen molar-refractivity contribution in [1.82, 2.24) is 14.9 Å². The first-order valence-corrected chi connectivity index (χ1v) is 11.6. The fourth-order valence-corrected chi connectivity index (χ4v) is 4.32. The van der Waals surface area contributed by atoms with E-state index in [9.17, 15) is 9.59 Å². The van der Waals surface area contributed by atoms with Crippen molar-refractivity contribution in [2.24, 2.45) is 0 Å². The molecule has 2 heterocycles. The highest BCUT2D eigenvalue weighted by molar-refractivity contribution is 5.78. The SMILES string of the molecule is CC(C)c1ccc(C(C)NC(=O)CCn2c(=O)c(N3CCCC3)nc3ccccc32)cc1. The Hall–Kier alpha value is -3.15. The molecule has 1 aliphatic rings. The quantitative estimate of drug-likeness (QED) is 0.601. The molecule has 1 aromatic heterocycles. The number of nitrogens with zero attached hydrogens (tertiary/aromatic N) is 3. The topological polar surface area (TPSA) is 67.2 Å². The Morgan fingerprint density at radius 3 is 2.34 bits per heavy atom. The predicted molar refractivity (Wildman–Crippen MR) is 129 cm³/mol. The van der Waals surface area contributed by atoms with Crippen LogP contribution in [0.2, 0.25) is 0 Å². The number of anilines is 1. The largest absolute Gasteiger partial charge is 0.352 e. The molecular formula is C26H32N4O2. The molecule has 1 unspecified atom stereocenters. The minimum Gasteiger partial charge on any atom is -0.352 e. The van der Waals surface area contributed by atoms with E-state index in [0.29, 0.717) is 18.3 Å². The van der Waals surface area contributed by atoms with Gasteiger partial charge < -0.3 is 14.8 Å². The number of carbonyl (C=O) groups is 1. The van der Waals surface area contributed by atoms with Gasteiger partial charge in [-0.25, -0.2) is 4.98 Å². The first-order chi connectivity index (χ1) is 15.4. The molecule has 2 aromatic carbocycles. The summed E-state index contributed by atoms with van der Waals surface area (Å²) in [5, 5.41) is 3.07. The molecule has 0 spiro atoms. The van der Waals surface area contributed by atoms with E-state index in [2.05, 4.69) is 53.3 Å². The summed E-state index contributed by atoms with van der Waals surface area (Å²) in [6.45, 7) is 8.36. The van der Waals surface area contributed by atoms with Gasteiger partial charge in [-0.2, -0.15) is 0 Å². The van der Waals surface area contributed by atoms with Gasteiger partial charge in [-0.05, 0) is 48.9 Å². The van der Waals surface area contributed by atoms with Gasteiger partial charge in [0.25, 0.3) is 5.56 Å². The lowest BCUT2D eigenvalue weighted by atomic mass is 9.99. The van der Waals surface area contributed by atoms with Crippen molar-refractivity contribution in [3.8, 4) is 0 Å². The van der Waals surface area contributed by atoms with Crippen molar-refractivity contribution in [2.75, 3.05) is 18.0 Å². The highest BCUT2D eigenvalue weighted by Gasteiger charge is 2.20. The lowest BCUT2D eigenvalue weighted by Gasteiger charge is -2.19. The van der Waals surface area contributed by atoms with Gasteiger partial charge in [-0.15, -0.1) is 0 Å². The predicted octanol–water partition coefficient (Wildman–Crippen LogP) is 4.39. The van der Waals surface area contributed by atoms with Gasteiger partial charge in [0.15, 0.2) is 5.82 Å². The van der Waals surface area contributed by atoms with E-state index in [0.717, 1.165) is 42.5 Å². The van der Waals surface area contributed by atoms with Crippen LogP contribution in [0, 0.1) is 0 Å². The van der Waals surface area contributed by atoms with Crippen LogP contribution in [0.5, 0.6) is 0 Å². The maximum absolute atomic E-state index is 13.2. The number of para-hydroxylation sites is 2. The Labute approximate surface area is 189 Å². The molecule has 4 rings (SSSR count). The van der Waals surface area contributed by atoms with Crippen LogP contribution in [0.15, 0.2) is 53.3 Å². The number of aryl methyl sites for hydroxylation is 1. The summed E-state index contributed by atoms with van der Waals surface area (Å²) in [5.41, 5.74) is 3.80. The first-order valence-electron chi connectivity index (χ1n) is 11.6. The summed E-state index contributed by atoms with van der Waals surface area (Å²) in [7, 11) is 0. The van der Waals surface area contributed by atoms with Crippen LogP contribution in [-0.4, -0.2) is 28.5 Å². The molecule has 1 N–H and O–H groups in total. The fraction of sp³-hybridized carbons (Fsp3) is 0.423. The Kier molecular flexibility index (Phi) is 6.58. The molecule has 0 saturated carbocycles. The molecule has 0 aliphatic carbocycles. The van der Waals surface area contributed by atoms with E-state index >= 15 is 0 Å². The van der Waals surface area contributed by atoms with E-state index in [1.165, 1.54) is 5.56 Å². The average Bonchev–Trinajstić information content (AvgIpc) is 3.33. The molecule has 3 aromatic rings. The summed E-state index contributed by atoms with van der Waals surface area (Å²) in [5.74, 6) is 0.911. The zero-order valence-corrected chi connectivity index (χ0v) is 19.2. The number of aromatic nitrogens is 2. The minimum atomic E-state index is -0.115. The molecule has 32 heavy (non-hydrogen) atoms. The Balaban J connectivity index is 1.49. The lowest BCUT2D eigenvalue weighted by molar-refractivity contribution is -0.121. The van der Waals surface area contributed by atoms with Crippen LogP contribution in [0.3, 0.4) is 0 Å². The summed E-state index contributed by atoms with van der Waals surface area (Å²) in [6, 6.07) is 15.9. The third-order valence-electron chi connectivity index (χ3n) is 6.28. The smallest absolute Gasteiger partial charge is 0.294 e. The van der Waals surface area contributed by atoms with Gasteiger partial charge >= 0.3 is 0 Å². The average molecular weight is 433 g/mol. The van der Waals surface area contributed by atoms with E-state index in [1.807, 2.05) is 31.2 Å². The summed E-state index contributed by atoms with van der Waals surface area (Å²) in [6.07, 6.45) is 2.39. The number of nitrogens with one attached hydrogen (secondary N) is 1. The van der Waals surface area contributed by atoms with Crippen molar-refractivity contribution in [2.45, 2.75) is 58.5 Å². The number of benzene rings is 2. The van der Waals surface area contributed by atoms with Crippen LogP contribution < -0.4 is 15.8 Å². The van der Waals surface area contributed by atoms with Gasteiger partial charge in [-0.3, -0.25) is 9.59 Å². The number of hydrogen-bond donors (Lipinski definition) is 1. The summed E-state index contributed by atoms with van der Waals surface area (Å²) < 4.78 is 1.71. The van der Waals surface area contributed by atoms with Gasteiger partial charge in [0, 0.05) is 26.1 Å². The van der Waals surface area contributed by atoms with Crippen molar-refractivity contribution >= 4 is 22.8 Å². The molecule has 0 bridgehead atoms. The summed E-state index contributed by atoms with van der Waals surface area (Å²) >= 11 is 0. The number of rotatable bonds is 7. The van der Waals surface area contributed by atoms with Crippen LogP contribution >= 0.6 is 0 Å². The maximum Gasteiger partial charge on any atom is 0.294 e. The third-order valence-corrected chi connectivity index (χ3v) is 6.28. The van der Waals surface area contributed by atoms with Gasteiger partial charge in [0.05, 0.1) is 17.1 Å². The Morgan fingerprint density at radius 1 is 1.00 bits per heavy atom. The molecule has 6 heteroatoms. The monoisotopic (exact) mass is 432 g/mol. The van der Waals surface area contributed by atoms with E-state index in [-0.39, 0.29) is 23.9 Å². The maximum atomic E-state index is 13.2. The highest BCUT2D eigenvalue weighted by Crippen LogP contribution is 2.20. The molecule has 168 valence electrons. The number of carbonyl (C=O) groups excluding carboxylic acids is 1. The second-order valence-corrected chi connectivity index (χ2v) is 8.94. The normalized spacial score (nSPS) is 14.8. The molecule has 6 nitrogen and oxygen atoms in total. The van der Waals surface area contributed by atoms with Crippen molar-refractivity contribution < 1.29 is 4.79 Å². The molecule has 1 fully saturated rings. The summed E-state index contributed by atoms with van der Waals surface area (Å²) in [4.78, 5) is 32.7. The number of hydrogen-bond acceptors (Lipinski definition) is 4. The number of amides is 1. The van der Waals surface area contributed by atoms with Crippen LogP contribution in [0.1, 0.15) is 63.1 Å². The van der Waals surface area contributed by atoms with Gasteiger partial charge in [0.1, 0.15) is 0 Å². The molecule has 1 saturated heterocycles. The molecule has 1 atom stereocenters. The van der Waals surface area contributed by atoms with E-state index < -0.39 is 0 Å². The second-order valence-electron chi connectivity index (χ2n) is 8.94. The zero-order chi connectivity index (χ0) is 22.7. The van der Waals surface area contributed by atoms with Crippen LogP contribution in [-0.2, 0) is 11.3 Å². The third kappa shape index (κ3) is 4.69. The molecule has 1 aliphatic heterocycles. The second kappa shape index (κ2) is 9.55. The molecule has 0 radical (unpaired) electrons.